The van der Waals surface area contributed by atoms with Crippen LogP contribution >= 0.6 is 11.6 Å². The average Bonchev–Trinajstić information content (AvgIpc) is 2.25. The van der Waals surface area contributed by atoms with Gasteiger partial charge in [-0.2, -0.15) is 0 Å². The van der Waals surface area contributed by atoms with Gasteiger partial charge in [0, 0.05) is 29.1 Å². The normalized spacial score (nSPS) is 10.8. The van der Waals surface area contributed by atoms with Crippen molar-refractivity contribution in [3.63, 3.8) is 0 Å². The Morgan fingerprint density at radius 1 is 1.27 bits per heavy atom. The first-order valence-electron chi connectivity index (χ1n) is 4.99. The summed E-state index contributed by atoms with van der Waals surface area (Å²) in [6, 6.07) is 9.93. The number of likely N-dealkylation sites (N-methyl/N-ethyl adjacent to an activating group) is 1. The highest BCUT2D eigenvalue weighted by Gasteiger charge is 1.98. The average molecular weight is 221 g/mol. The van der Waals surface area contributed by atoms with E-state index in [9.17, 15) is 0 Å². The van der Waals surface area contributed by atoms with E-state index in [-0.39, 0.29) is 0 Å². The van der Waals surface area contributed by atoms with Crippen LogP contribution in [0.15, 0.2) is 30.3 Å². The molecule has 0 saturated heterocycles. The van der Waals surface area contributed by atoms with Crippen LogP contribution in [0.4, 0.5) is 0 Å². The monoisotopic (exact) mass is 220 g/mol. The van der Waals surface area contributed by atoms with E-state index in [2.05, 4.69) is 22.4 Å². The third-order valence-electron chi connectivity index (χ3n) is 2.34. The molecule has 1 aromatic carbocycles. The number of hydrogen-bond acceptors (Lipinski definition) is 2. The van der Waals surface area contributed by atoms with E-state index >= 15 is 0 Å². The Balaban J connectivity index is 2.36. The zero-order valence-corrected chi connectivity index (χ0v) is 9.38. The molecule has 0 spiro atoms. The van der Waals surface area contributed by atoms with Crippen molar-refractivity contribution in [1.82, 2.24) is 10.3 Å². The Hall–Kier alpha value is -1.12. The SMILES string of the molecule is CNCCc1ccc2ccc(Cl)cc2n1. The van der Waals surface area contributed by atoms with E-state index < -0.39 is 0 Å². The number of pyridine rings is 1. The van der Waals surface area contributed by atoms with Crippen molar-refractivity contribution >= 4 is 22.5 Å². The molecule has 1 N–H and O–H groups in total. The van der Waals surface area contributed by atoms with Crippen molar-refractivity contribution in [3.8, 4) is 0 Å². The van der Waals surface area contributed by atoms with Gasteiger partial charge in [-0.15, -0.1) is 0 Å². The van der Waals surface area contributed by atoms with Crippen molar-refractivity contribution < 1.29 is 0 Å². The van der Waals surface area contributed by atoms with Gasteiger partial charge >= 0.3 is 0 Å². The van der Waals surface area contributed by atoms with Crippen molar-refractivity contribution in [2.75, 3.05) is 13.6 Å². The van der Waals surface area contributed by atoms with Gasteiger partial charge in [0.25, 0.3) is 0 Å². The number of fused-ring (bicyclic) bond motifs is 1. The van der Waals surface area contributed by atoms with Crippen molar-refractivity contribution in [2.45, 2.75) is 6.42 Å². The molecular weight excluding hydrogens is 208 g/mol. The molecule has 0 saturated carbocycles. The Kier molecular flexibility index (Phi) is 3.19. The van der Waals surface area contributed by atoms with E-state index in [1.807, 2.05) is 25.2 Å². The lowest BCUT2D eigenvalue weighted by atomic mass is 10.2. The van der Waals surface area contributed by atoms with Gasteiger partial charge in [-0.1, -0.05) is 23.7 Å². The molecule has 0 bridgehead atoms. The minimum atomic E-state index is 0.737. The third kappa shape index (κ3) is 2.46. The van der Waals surface area contributed by atoms with Crippen LogP contribution in [0.2, 0.25) is 5.02 Å². The zero-order valence-electron chi connectivity index (χ0n) is 8.63. The molecule has 2 aromatic rings. The molecule has 0 unspecified atom stereocenters. The molecule has 0 atom stereocenters. The Morgan fingerprint density at radius 2 is 2.07 bits per heavy atom. The number of nitrogens with zero attached hydrogens (tertiary/aromatic N) is 1. The summed E-state index contributed by atoms with van der Waals surface area (Å²) in [6.07, 6.45) is 0.943. The van der Waals surface area contributed by atoms with Gasteiger partial charge in [0.2, 0.25) is 0 Å². The minimum absolute atomic E-state index is 0.737. The number of benzene rings is 1. The van der Waals surface area contributed by atoms with Crippen LogP contribution < -0.4 is 5.32 Å². The van der Waals surface area contributed by atoms with Crippen molar-refractivity contribution in [3.05, 3.63) is 41.0 Å². The second-order valence-corrected chi connectivity index (χ2v) is 3.93. The van der Waals surface area contributed by atoms with Gasteiger partial charge in [0.05, 0.1) is 5.52 Å². The lowest BCUT2D eigenvalue weighted by molar-refractivity contribution is 0.779. The van der Waals surface area contributed by atoms with Crippen LogP contribution in [0.25, 0.3) is 10.9 Å². The molecule has 2 rings (SSSR count). The summed E-state index contributed by atoms with van der Waals surface area (Å²) in [5.74, 6) is 0. The maximum Gasteiger partial charge on any atom is 0.0720 e. The highest BCUT2D eigenvalue weighted by Crippen LogP contribution is 2.17. The van der Waals surface area contributed by atoms with Crippen LogP contribution in [0.1, 0.15) is 5.69 Å². The van der Waals surface area contributed by atoms with E-state index in [1.165, 1.54) is 0 Å². The molecule has 78 valence electrons. The molecule has 0 aliphatic heterocycles. The quantitative estimate of drug-likeness (QED) is 0.860. The summed E-state index contributed by atoms with van der Waals surface area (Å²) in [5.41, 5.74) is 2.07. The number of halogens is 1. The molecule has 1 aromatic heterocycles. The lowest BCUT2D eigenvalue weighted by Crippen LogP contribution is -2.11. The molecule has 0 amide bonds. The molecular formula is C12H13ClN2. The van der Waals surface area contributed by atoms with E-state index in [0.717, 1.165) is 34.6 Å². The molecule has 1 heterocycles. The summed E-state index contributed by atoms with van der Waals surface area (Å²) >= 11 is 5.92. The fraction of sp³-hybridized carbons (Fsp3) is 0.250. The largest absolute Gasteiger partial charge is 0.319 e. The molecule has 2 nitrogen and oxygen atoms in total. The minimum Gasteiger partial charge on any atom is -0.319 e. The second-order valence-electron chi connectivity index (χ2n) is 3.49. The van der Waals surface area contributed by atoms with E-state index in [1.54, 1.807) is 0 Å². The fourth-order valence-electron chi connectivity index (χ4n) is 1.52. The van der Waals surface area contributed by atoms with Crippen molar-refractivity contribution in [1.29, 1.82) is 0 Å². The first kappa shape index (κ1) is 10.4. The van der Waals surface area contributed by atoms with Gasteiger partial charge in [0.1, 0.15) is 0 Å². The number of nitrogens with one attached hydrogen (secondary N) is 1. The molecule has 0 aliphatic rings. The van der Waals surface area contributed by atoms with Crippen LogP contribution in [0, 0.1) is 0 Å². The topological polar surface area (TPSA) is 24.9 Å². The van der Waals surface area contributed by atoms with Gasteiger partial charge in [-0.05, 0) is 25.2 Å². The van der Waals surface area contributed by atoms with Crippen LogP contribution in [-0.2, 0) is 6.42 Å². The third-order valence-corrected chi connectivity index (χ3v) is 2.58. The first-order valence-corrected chi connectivity index (χ1v) is 5.37. The maximum atomic E-state index is 5.92. The second kappa shape index (κ2) is 4.60. The molecule has 15 heavy (non-hydrogen) atoms. The zero-order chi connectivity index (χ0) is 10.7. The summed E-state index contributed by atoms with van der Waals surface area (Å²) in [7, 11) is 1.94. The summed E-state index contributed by atoms with van der Waals surface area (Å²) in [6.45, 7) is 0.944. The number of aromatic nitrogens is 1. The van der Waals surface area contributed by atoms with Crippen LogP contribution in [-0.4, -0.2) is 18.6 Å². The molecule has 0 fully saturated rings. The predicted molar refractivity (Wildman–Crippen MR) is 64.4 cm³/mol. The summed E-state index contributed by atoms with van der Waals surface area (Å²) in [5, 5.41) is 4.98. The molecule has 0 aliphatic carbocycles. The predicted octanol–water partition coefficient (Wildman–Crippen LogP) is 2.65. The van der Waals surface area contributed by atoms with Crippen LogP contribution in [0.5, 0.6) is 0 Å². The smallest absolute Gasteiger partial charge is 0.0720 e. The molecule has 0 radical (unpaired) electrons. The fourth-order valence-corrected chi connectivity index (χ4v) is 1.69. The summed E-state index contributed by atoms with van der Waals surface area (Å²) < 4.78 is 0. The van der Waals surface area contributed by atoms with Crippen molar-refractivity contribution in [2.24, 2.45) is 0 Å². The van der Waals surface area contributed by atoms with E-state index in [0.29, 0.717) is 0 Å². The Morgan fingerprint density at radius 3 is 2.87 bits per heavy atom. The maximum absolute atomic E-state index is 5.92. The number of hydrogen-bond donors (Lipinski definition) is 1. The van der Waals surface area contributed by atoms with Gasteiger partial charge in [0.15, 0.2) is 0 Å². The van der Waals surface area contributed by atoms with Crippen LogP contribution in [0.3, 0.4) is 0 Å². The Labute approximate surface area is 94.3 Å². The highest BCUT2D eigenvalue weighted by atomic mass is 35.5. The van der Waals surface area contributed by atoms with Gasteiger partial charge < -0.3 is 5.32 Å². The molecule has 3 heteroatoms. The Bertz CT molecular complexity index is 468. The van der Waals surface area contributed by atoms with E-state index in [4.69, 9.17) is 11.6 Å². The van der Waals surface area contributed by atoms with Gasteiger partial charge in [-0.25, -0.2) is 0 Å². The standard InChI is InChI=1S/C12H13ClN2/c1-14-7-6-11-5-3-9-2-4-10(13)8-12(9)15-11/h2-5,8,14H,6-7H2,1H3. The first-order chi connectivity index (χ1) is 7.29. The highest BCUT2D eigenvalue weighted by molar-refractivity contribution is 6.31. The summed E-state index contributed by atoms with van der Waals surface area (Å²) in [4.78, 5) is 4.55. The lowest BCUT2D eigenvalue weighted by Gasteiger charge is -2.02. The number of rotatable bonds is 3. The van der Waals surface area contributed by atoms with Gasteiger partial charge in [-0.3, -0.25) is 4.98 Å².